The van der Waals surface area contributed by atoms with Crippen molar-refractivity contribution in [2.45, 2.75) is 65.9 Å². The van der Waals surface area contributed by atoms with Crippen LogP contribution in [-0.2, 0) is 6.42 Å². The van der Waals surface area contributed by atoms with E-state index in [9.17, 15) is 15.0 Å². The van der Waals surface area contributed by atoms with Crippen molar-refractivity contribution in [1.82, 2.24) is 0 Å². The largest absolute Gasteiger partial charge is 0.507 e. The third kappa shape index (κ3) is 2.47. The standard InChI is InChI=1S/C20H28O4/c1-11(2)17(23)16-14(22)10-13(21)12-9-15-19(3,4)7-6-8-20(15,5)24-18(12)16/h10-11,15,21-22H,6-9H2,1-5H3/t15-,20-/m0/s1. The number of fused-ring (bicyclic) bond motifs is 2. The molecule has 0 amide bonds. The molecule has 1 saturated carbocycles. The van der Waals surface area contributed by atoms with Crippen molar-refractivity contribution in [3.8, 4) is 17.2 Å². The normalized spacial score (nSPS) is 28.0. The van der Waals surface area contributed by atoms with E-state index in [-0.39, 0.29) is 45.7 Å². The van der Waals surface area contributed by atoms with Crippen molar-refractivity contribution in [2.24, 2.45) is 17.3 Å². The summed E-state index contributed by atoms with van der Waals surface area (Å²) in [5.74, 6) is 0.0852. The van der Waals surface area contributed by atoms with Crippen LogP contribution in [-0.4, -0.2) is 21.6 Å². The minimum Gasteiger partial charge on any atom is -0.507 e. The van der Waals surface area contributed by atoms with Gasteiger partial charge in [0.15, 0.2) is 5.78 Å². The van der Waals surface area contributed by atoms with E-state index in [4.69, 9.17) is 4.74 Å². The number of Topliss-reactive ketones (excluding diaryl/α,β-unsaturated/α-hetero) is 1. The quantitative estimate of drug-likeness (QED) is 0.785. The van der Waals surface area contributed by atoms with E-state index in [2.05, 4.69) is 20.8 Å². The molecule has 1 aromatic carbocycles. The zero-order valence-electron chi connectivity index (χ0n) is 15.3. The van der Waals surface area contributed by atoms with Crippen LogP contribution in [0.1, 0.15) is 69.8 Å². The van der Waals surface area contributed by atoms with Crippen LogP contribution in [0, 0.1) is 17.3 Å². The summed E-state index contributed by atoms with van der Waals surface area (Å²) in [6.07, 6.45) is 3.80. The van der Waals surface area contributed by atoms with E-state index < -0.39 is 0 Å². The van der Waals surface area contributed by atoms with Gasteiger partial charge >= 0.3 is 0 Å². The van der Waals surface area contributed by atoms with Gasteiger partial charge in [0.1, 0.15) is 28.4 Å². The number of hydrogen-bond acceptors (Lipinski definition) is 4. The van der Waals surface area contributed by atoms with Gasteiger partial charge < -0.3 is 14.9 Å². The second-order valence-electron chi connectivity index (χ2n) is 8.63. The van der Waals surface area contributed by atoms with Crippen LogP contribution in [0.15, 0.2) is 6.07 Å². The maximum absolute atomic E-state index is 12.6. The van der Waals surface area contributed by atoms with Gasteiger partial charge in [-0.15, -0.1) is 0 Å². The number of aromatic hydroxyl groups is 2. The van der Waals surface area contributed by atoms with Crippen LogP contribution in [0.25, 0.3) is 0 Å². The molecule has 1 aliphatic heterocycles. The second-order valence-corrected chi connectivity index (χ2v) is 8.63. The summed E-state index contributed by atoms with van der Waals surface area (Å²) < 4.78 is 6.38. The van der Waals surface area contributed by atoms with Crippen molar-refractivity contribution in [3.63, 3.8) is 0 Å². The number of phenolic OH excluding ortho intramolecular Hbond substituents is 2. The van der Waals surface area contributed by atoms with Crippen LogP contribution in [0.3, 0.4) is 0 Å². The highest BCUT2D eigenvalue weighted by Gasteiger charge is 2.52. The van der Waals surface area contributed by atoms with Crippen LogP contribution in [0.5, 0.6) is 17.2 Å². The van der Waals surface area contributed by atoms with E-state index in [0.29, 0.717) is 17.7 Å². The van der Waals surface area contributed by atoms with Gasteiger partial charge in [-0.05, 0) is 38.0 Å². The molecule has 132 valence electrons. The van der Waals surface area contributed by atoms with Crippen LogP contribution in [0.2, 0.25) is 0 Å². The number of ether oxygens (including phenoxy) is 1. The Labute approximate surface area is 143 Å². The smallest absolute Gasteiger partial charge is 0.172 e. The molecule has 2 atom stereocenters. The number of carbonyl (C=O) groups excluding carboxylic acids is 1. The zero-order valence-corrected chi connectivity index (χ0v) is 15.3. The predicted molar refractivity (Wildman–Crippen MR) is 92.8 cm³/mol. The lowest BCUT2D eigenvalue weighted by molar-refractivity contribution is -0.0823. The molecule has 0 unspecified atom stereocenters. The fraction of sp³-hybridized carbons (Fsp3) is 0.650. The highest BCUT2D eigenvalue weighted by atomic mass is 16.5. The third-order valence-electron chi connectivity index (χ3n) is 6.03. The number of hydrogen-bond donors (Lipinski definition) is 2. The third-order valence-corrected chi connectivity index (χ3v) is 6.03. The average molecular weight is 332 g/mol. The van der Waals surface area contributed by atoms with Crippen molar-refractivity contribution in [2.75, 3.05) is 0 Å². The van der Waals surface area contributed by atoms with Gasteiger partial charge in [-0.1, -0.05) is 27.7 Å². The molecule has 4 heteroatoms. The molecule has 4 nitrogen and oxygen atoms in total. The SMILES string of the molecule is CC(C)C(=O)c1c(O)cc(O)c2c1O[C@@]1(C)CCCC(C)(C)[C@@H]1C2. The van der Waals surface area contributed by atoms with Gasteiger partial charge in [-0.3, -0.25) is 4.79 Å². The summed E-state index contributed by atoms with van der Waals surface area (Å²) in [4.78, 5) is 12.6. The molecule has 1 heterocycles. The fourth-order valence-electron chi connectivity index (χ4n) is 4.63. The van der Waals surface area contributed by atoms with Gasteiger partial charge in [0.2, 0.25) is 0 Å². The van der Waals surface area contributed by atoms with Crippen LogP contribution in [0.4, 0.5) is 0 Å². The predicted octanol–water partition coefficient (Wildman–Crippen LogP) is 4.46. The molecular formula is C20H28O4. The monoisotopic (exact) mass is 332 g/mol. The molecule has 0 bridgehead atoms. The first kappa shape index (κ1) is 17.1. The van der Waals surface area contributed by atoms with Gasteiger partial charge in [0, 0.05) is 23.5 Å². The Hall–Kier alpha value is -1.71. The summed E-state index contributed by atoms with van der Waals surface area (Å²) in [6.45, 7) is 10.2. The molecule has 2 N–H and O–H groups in total. The Morgan fingerprint density at radius 2 is 1.88 bits per heavy atom. The van der Waals surface area contributed by atoms with Gasteiger partial charge in [-0.2, -0.15) is 0 Å². The molecule has 0 radical (unpaired) electrons. The maximum atomic E-state index is 12.6. The number of phenols is 2. The summed E-state index contributed by atoms with van der Waals surface area (Å²) in [7, 11) is 0. The topological polar surface area (TPSA) is 66.8 Å². The number of benzene rings is 1. The van der Waals surface area contributed by atoms with Gasteiger partial charge in [-0.25, -0.2) is 0 Å². The van der Waals surface area contributed by atoms with Gasteiger partial charge in [0.25, 0.3) is 0 Å². The Morgan fingerprint density at radius 3 is 2.50 bits per heavy atom. The minimum atomic E-state index is -0.374. The molecular weight excluding hydrogens is 304 g/mol. The number of ketones is 1. The molecule has 1 fully saturated rings. The average Bonchev–Trinajstić information content (AvgIpc) is 2.44. The molecule has 0 spiro atoms. The fourth-order valence-corrected chi connectivity index (χ4v) is 4.63. The zero-order chi connectivity index (χ0) is 17.9. The Balaban J connectivity index is 2.18. The van der Waals surface area contributed by atoms with E-state index >= 15 is 0 Å². The first-order valence-electron chi connectivity index (χ1n) is 8.88. The molecule has 1 aliphatic carbocycles. The first-order chi connectivity index (χ1) is 11.1. The highest BCUT2D eigenvalue weighted by Crippen LogP contribution is 2.56. The van der Waals surface area contributed by atoms with Crippen molar-refractivity contribution < 1.29 is 19.7 Å². The van der Waals surface area contributed by atoms with Crippen molar-refractivity contribution >= 4 is 5.78 Å². The summed E-state index contributed by atoms with van der Waals surface area (Å²) in [5, 5.41) is 20.7. The molecule has 1 aromatic rings. The van der Waals surface area contributed by atoms with Crippen molar-refractivity contribution in [1.29, 1.82) is 0 Å². The molecule has 24 heavy (non-hydrogen) atoms. The Kier molecular flexibility index (Phi) is 3.85. The lowest BCUT2D eigenvalue weighted by Crippen LogP contribution is -2.54. The lowest BCUT2D eigenvalue weighted by atomic mass is 9.59. The number of rotatable bonds is 2. The van der Waals surface area contributed by atoms with E-state index in [1.807, 2.05) is 0 Å². The highest BCUT2D eigenvalue weighted by molar-refractivity contribution is 6.03. The van der Waals surface area contributed by atoms with E-state index in [1.165, 1.54) is 6.07 Å². The molecule has 3 rings (SSSR count). The minimum absolute atomic E-state index is 0.0197. The maximum Gasteiger partial charge on any atom is 0.172 e. The molecule has 0 saturated heterocycles. The van der Waals surface area contributed by atoms with Crippen LogP contribution < -0.4 is 4.74 Å². The molecule has 2 aliphatic rings. The summed E-state index contributed by atoms with van der Waals surface area (Å²) >= 11 is 0. The molecule has 0 aromatic heterocycles. The van der Waals surface area contributed by atoms with Crippen molar-refractivity contribution in [3.05, 3.63) is 17.2 Å². The summed E-state index contributed by atoms with van der Waals surface area (Å²) in [6, 6.07) is 1.29. The Bertz CT molecular complexity index is 689. The summed E-state index contributed by atoms with van der Waals surface area (Å²) in [5.41, 5.74) is 0.619. The number of carbonyl (C=O) groups is 1. The lowest BCUT2D eigenvalue weighted by Gasteiger charge is -2.53. The van der Waals surface area contributed by atoms with Gasteiger partial charge in [0.05, 0.1) is 0 Å². The van der Waals surface area contributed by atoms with Crippen LogP contribution >= 0.6 is 0 Å². The van der Waals surface area contributed by atoms with E-state index in [1.54, 1.807) is 13.8 Å². The Morgan fingerprint density at radius 1 is 1.21 bits per heavy atom. The van der Waals surface area contributed by atoms with E-state index in [0.717, 1.165) is 19.3 Å². The second kappa shape index (κ2) is 5.40. The first-order valence-corrected chi connectivity index (χ1v) is 8.88.